The topological polar surface area (TPSA) is 33.2 Å². The normalized spacial score (nSPS) is 15.7. The molecule has 1 aliphatic rings. The molecule has 0 aliphatic carbocycles. The number of nitrogens with zero attached hydrogens (tertiary/aromatic N) is 2. The van der Waals surface area contributed by atoms with E-state index in [9.17, 15) is 26.7 Å². The van der Waals surface area contributed by atoms with Crippen molar-refractivity contribution < 1.29 is 26.7 Å². The molecule has 0 aromatic carbocycles. The molecule has 1 aliphatic heterocycles. The van der Waals surface area contributed by atoms with Gasteiger partial charge in [-0.3, -0.25) is 4.79 Å². The molecule has 8 heteroatoms. The summed E-state index contributed by atoms with van der Waals surface area (Å²) in [6, 6.07) is 2.28. The maximum atomic E-state index is 13.5. The van der Waals surface area contributed by atoms with Gasteiger partial charge in [0.05, 0.1) is 6.42 Å². The number of pyridine rings is 1. The highest BCUT2D eigenvalue weighted by atomic mass is 19.4. The van der Waals surface area contributed by atoms with Crippen LogP contribution in [0.4, 0.5) is 22.0 Å². The van der Waals surface area contributed by atoms with Crippen molar-refractivity contribution >= 4 is 11.5 Å². The van der Waals surface area contributed by atoms with Gasteiger partial charge < -0.3 is 4.90 Å². The molecule has 1 aromatic rings. The van der Waals surface area contributed by atoms with Crippen molar-refractivity contribution in [3.8, 4) is 0 Å². The van der Waals surface area contributed by atoms with Gasteiger partial charge in [-0.25, -0.2) is 0 Å². The van der Waals surface area contributed by atoms with Gasteiger partial charge in [-0.1, -0.05) is 6.08 Å². The van der Waals surface area contributed by atoms with Crippen molar-refractivity contribution in [2.45, 2.75) is 25.4 Å². The van der Waals surface area contributed by atoms with E-state index in [1.165, 1.54) is 11.0 Å². The molecule has 0 spiro atoms. The fraction of sp³-hybridized carbons (Fsp3) is 0.429. The van der Waals surface area contributed by atoms with Gasteiger partial charge in [0.15, 0.2) is 0 Å². The fourth-order valence-electron chi connectivity index (χ4n) is 2.20. The van der Waals surface area contributed by atoms with Gasteiger partial charge in [0.1, 0.15) is 0 Å². The Morgan fingerprint density at radius 1 is 1.27 bits per heavy atom. The molecule has 0 atom stereocenters. The van der Waals surface area contributed by atoms with Crippen molar-refractivity contribution in [2.24, 2.45) is 0 Å². The number of alkyl halides is 3. The molecule has 0 fully saturated rings. The molecule has 1 aromatic heterocycles. The second-order valence-corrected chi connectivity index (χ2v) is 4.91. The zero-order valence-corrected chi connectivity index (χ0v) is 11.5. The third-order valence-corrected chi connectivity index (χ3v) is 3.34. The molecule has 0 bridgehead atoms. The number of halogens is 5. The van der Waals surface area contributed by atoms with E-state index in [4.69, 9.17) is 0 Å². The van der Waals surface area contributed by atoms with E-state index >= 15 is 0 Å². The van der Waals surface area contributed by atoms with Crippen LogP contribution in [0.15, 0.2) is 18.2 Å². The van der Waals surface area contributed by atoms with Crippen LogP contribution in [-0.2, 0) is 4.79 Å². The second-order valence-electron chi connectivity index (χ2n) is 4.91. The Kier molecular flexibility index (Phi) is 4.77. The molecule has 0 saturated carbocycles. The van der Waals surface area contributed by atoms with Gasteiger partial charge in [-0.2, -0.15) is 26.9 Å². The van der Waals surface area contributed by atoms with Gasteiger partial charge >= 0.3 is 6.18 Å². The summed E-state index contributed by atoms with van der Waals surface area (Å²) < 4.78 is 62.5. The van der Waals surface area contributed by atoms with Crippen LogP contribution in [0.2, 0.25) is 0 Å². The van der Waals surface area contributed by atoms with Gasteiger partial charge in [0.25, 0.3) is 0 Å². The Labute approximate surface area is 123 Å². The Balaban J connectivity index is 1.99. The van der Waals surface area contributed by atoms with E-state index < -0.39 is 36.8 Å². The highest BCUT2D eigenvalue weighted by Gasteiger charge is 2.29. The molecule has 0 unspecified atom stereocenters. The average molecular weight is 320 g/mol. The molecule has 0 N–H and O–H groups in total. The van der Waals surface area contributed by atoms with Gasteiger partial charge in [0, 0.05) is 25.1 Å². The Bertz CT molecular complexity index is 597. The lowest BCUT2D eigenvalue weighted by Crippen LogP contribution is -2.35. The number of aromatic nitrogens is 1. The number of hydrogen-bond acceptors (Lipinski definition) is 2. The van der Waals surface area contributed by atoms with Crippen molar-refractivity contribution in [2.75, 3.05) is 13.1 Å². The summed E-state index contributed by atoms with van der Waals surface area (Å²) in [5.41, 5.74) is 0.702. The van der Waals surface area contributed by atoms with Crippen LogP contribution < -0.4 is 0 Å². The van der Waals surface area contributed by atoms with Gasteiger partial charge in [-0.15, -0.1) is 0 Å². The predicted molar refractivity (Wildman–Crippen MR) is 68.6 cm³/mol. The summed E-state index contributed by atoms with van der Waals surface area (Å²) in [4.78, 5) is 16.0. The third-order valence-electron chi connectivity index (χ3n) is 3.34. The Morgan fingerprint density at radius 3 is 2.55 bits per heavy atom. The van der Waals surface area contributed by atoms with Crippen LogP contribution in [-0.4, -0.2) is 35.1 Å². The monoisotopic (exact) mass is 320 g/mol. The quantitative estimate of drug-likeness (QED) is 0.632. The predicted octanol–water partition coefficient (Wildman–Crippen LogP) is 3.32. The lowest BCUT2D eigenvalue weighted by Gasteiger charge is -2.27. The standard InChI is InChI=1S/C14H13F5N2O/c15-11-2-1-10(13(16)20-11)9-4-7-21(8-5-9)12(22)3-6-14(17,18)19/h1-2,4H,3,5-8H2. The van der Waals surface area contributed by atoms with E-state index in [0.717, 1.165) is 6.07 Å². The largest absolute Gasteiger partial charge is 0.389 e. The first-order valence-corrected chi connectivity index (χ1v) is 6.62. The van der Waals surface area contributed by atoms with Crippen molar-refractivity contribution in [1.82, 2.24) is 9.88 Å². The Hall–Kier alpha value is -1.99. The van der Waals surface area contributed by atoms with E-state index in [1.807, 2.05) is 0 Å². The van der Waals surface area contributed by atoms with Gasteiger partial charge in [0.2, 0.25) is 17.8 Å². The fourth-order valence-corrected chi connectivity index (χ4v) is 2.20. The number of hydrogen-bond donors (Lipinski definition) is 0. The van der Waals surface area contributed by atoms with Crippen LogP contribution in [0, 0.1) is 11.9 Å². The van der Waals surface area contributed by atoms with Gasteiger partial charge in [-0.05, 0) is 24.1 Å². The van der Waals surface area contributed by atoms with E-state index in [-0.39, 0.29) is 25.1 Å². The summed E-state index contributed by atoms with van der Waals surface area (Å²) >= 11 is 0. The highest BCUT2D eigenvalue weighted by Crippen LogP contribution is 2.26. The summed E-state index contributed by atoms with van der Waals surface area (Å²) in [6.07, 6.45) is -4.29. The number of amides is 1. The zero-order chi connectivity index (χ0) is 16.3. The van der Waals surface area contributed by atoms with E-state index in [0.29, 0.717) is 5.57 Å². The number of rotatable bonds is 3. The molecule has 1 amide bonds. The summed E-state index contributed by atoms with van der Waals surface area (Å²) in [7, 11) is 0. The van der Waals surface area contributed by atoms with Crippen LogP contribution in [0.25, 0.3) is 5.57 Å². The third kappa shape index (κ3) is 4.25. The summed E-state index contributed by atoms with van der Waals surface area (Å²) in [5.74, 6) is -2.46. The number of carbonyl (C=O) groups is 1. The van der Waals surface area contributed by atoms with E-state index in [2.05, 4.69) is 4.98 Å². The van der Waals surface area contributed by atoms with Crippen LogP contribution in [0.3, 0.4) is 0 Å². The smallest absolute Gasteiger partial charge is 0.339 e. The molecule has 120 valence electrons. The number of carbonyl (C=O) groups excluding carboxylic acids is 1. The van der Waals surface area contributed by atoms with Crippen LogP contribution in [0.5, 0.6) is 0 Å². The molecule has 0 saturated heterocycles. The first-order valence-electron chi connectivity index (χ1n) is 6.62. The summed E-state index contributed by atoms with van der Waals surface area (Å²) in [5, 5.41) is 0. The summed E-state index contributed by atoms with van der Waals surface area (Å²) in [6.45, 7) is 0.294. The second kappa shape index (κ2) is 6.41. The molecular weight excluding hydrogens is 307 g/mol. The van der Waals surface area contributed by atoms with Crippen molar-refractivity contribution in [3.05, 3.63) is 35.7 Å². The van der Waals surface area contributed by atoms with Crippen molar-refractivity contribution in [1.29, 1.82) is 0 Å². The highest BCUT2D eigenvalue weighted by molar-refractivity contribution is 5.78. The average Bonchev–Trinajstić information content (AvgIpc) is 2.44. The molecule has 22 heavy (non-hydrogen) atoms. The maximum Gasteiger partial charge on any atom is 0.389 e. The minimum absolute atomic E-state index is 0.100. The maximum absolute atomic E-state index is 13.5. The first-order chi connectivity index (χ1) is 10.3. The zero-order valence-electron chi connectivity index (χ0n) is 11.5. The lowest BCUT2D eigenvalue weighted by molar-refractivity contribution is -0.148. The van der Waals surface area contributed by atoms with Crippen LogP contribution >= 0.6 is 0 Å². The van der Waals surface area contributed by atoms with Crippen LogP contribution in [0.1, 0.15) is 24.8 Å². The molecule has 2 rings (SSSR count). The minimum atomic E-state index is -4.37. The SMILES string of the molecule is O=C(CCC(F)(F)F)N1CC=C(c2ccc(F)nc2F)CC1. The molecule has 3 nitrogen and oxygen atoms in total. The van der Waals surface area contributed by atoms with Crippen molar-refractivity contribution in [3.63, 3.8) is 0 Å². The first kappa shape index (κ1) is 16.4. The lowest BCUT2D eigenvalue weighted by atomic mass is 10.0. The molecular formula is C14H13F5N2O. The van der Waals surface area contributed by atoms with E-state index in [1.54, 1.807) is 6.08 Å². The Morgan fingerprint density at radius 2 is 2.00 bits per heavy atom. The molecule has 0 radical (unpaired) electrons. The molecule has 2 heterocycles. The minimum Gasteiger partial charge on any atom is -0.339 e.